The first-order valence-corrected chi connectivity index (χ1v) is 6.60. The number of benzene rings is 1. The van der Waals surface area contributed by atoms with E-state index in [1.54, 1.807) is 14.2 Å². The molecule has 106 valence electrons. The van der Waals surface area contributed by atoms with Crippen LogP contribution in [0.15, 0.2) is 18.2 Å². The summed E-state index contributed by atoms with van der Waals surface area (Å²) in [6.07, 6.45) is 0. The summed E-state index contributed by atoms with van der Waals surface area (Å²) in [5.41, 5.74) is 1.18. The van der Waals surface area contributed by atoms with Gasteiger partial charge in [0.1, 0.15) is 6.61 Å². The zero-order chi connectivity index (χ0) is 13.5. The lowest BCUT2D eigenvalue weighted by Gasteiger charge is -2.29. The van der Waals surface area contributed by atoms with E-state index in [4.69, 9.17) is 14.2 Å². The summed E-state index contributed by atoms with van der Waals surface area (Å²) in [7, 11) is 3.33. The number of ether oxygens (including phenoxy) is 3. The maximum atomic E-state index is 5.63. The molecule has 0 bridgehead atoms. The molecule has 5 nitrogen and oxygen atoms in total. The average Bonchev–Trinajstić information content (AvgIpc) is 2.48. The quantitative estimate of drug-likeness (QED) is 0.782. The fourth-order valence-electron chi connectivity index (χ4n) is 2.13. The van der Waals surface area contributed by atoms with Gasteiger partial charge in [0, 0.05) is 45.0 Å². The molecule has 0 atom stereocenters. The van der Waals surface area contributed by atoms with Crippen molar-refractivity contribution in [2.75, 3.05) is 58.5 Å². The van der Waals surface area contributed by atoms with Crippen molar-refractivity contribution in [3.05, 3.63) is 18.2 Å². The van der Waals surface area contributed by atoms with E-state index >= 15 is 0 Å². The van der Waals surface area contributed by atoms with Gasteiger partial charge >= 0.3 is 0 Å². The van der Waals surface area contributed by atoms with Crippen LogP contribution in [0.4, 0.5) is 5.69 Å². The van der Waals surface area contributed by atoms with Crippen molar-refractivity contribution in [2.45, 2.75) is 0 Å². The van der Waals surface area contributed by atoms with Crippen molar-refractivity contribution < 1.29 is 14.2 Å². The van der Waals surface area contributed by atoms with E-state index in [-0.39, 0.29) is 0 Å². The van der Waals surface area contributed by atoms with Gasteiger partial charge in [-0.15, -0.1) is 0 Å². The summed E-state index contributed by atoms with van der Waals surface area (Å²) >= 11 is 0. The van der Waals surface area contributed by atoms with Gasteiger partial charge in [0.05, 0.1) is 13.7 Å². The van der Waals surface area contributed by atoms with Crippen LogP contribution >= 0.6 is 0 Å². The molecule has 1 saturated heterocycles. The molecule has 0 aromatic heterocycles. The second kappa shape index (κ2) is 7.21. The first-order valence-electron chi connectivity index (χ1n) is 6.60. The number of nitrogens with one attached hydrogen (secondary N) is 1. The van der Waals surface area contributed by atoms with Crippen molar-refractivity contribution in [3.8, 4) is 11.5 Å². The largest absolute Gasteiger partial charge is 0.493 e. The van der Waals surface area contributed by atoms with Crippen molar-refractivity contribution in [1.82, 2.24) is 5.32 Å². The molecule has 5 heteroatoms. The van der Waals surface area contributed by atoms with Crippen LogP contribution in [-0.2, 0) is 4.74 Å². The van der Waals surface area contributed by atoms with Crippen molar-refractivity contribution in [3.63, 3.8) is 0 Å². The van der Waals surface area contributed by atoms with Crippen LogP contribution in [0, 0.1) is 0 Å². The Morgan fingerprint density at radius 3 is 2.58 bits per heavy atom. The number of methoxy groups -OCH3 is 2. The van der Waals surface area contributed by atoms with Gasteiger partial charge in [0.25, 0.3) is 0 Å². The van der Waals surface area contributed by atoms with Gasteiger partial charge in [-0.05, 0) is 12.1 Å². The summed E-state index contributed by atoms with van der Waals surface area (Å²) in [5.74, 6) is 1.53. The summed E-state index contributed by atoms with van der Waals surface area (Å²) < 4.78 is 16.0. The number of piperazine rings is 1. The molecule has 0 amide bonds. The van der Waals surface area contributed by atoms with Crippen LogP contribution in [-0.4, -0.2) is 53.6 Å². The van der Waals surface area contributed by atoms with E-state index in [1.807, 2.05) is 12.1 Å². The Bertz CT molecular complexity index is 392. The standard InChI is InChI=1S/C14H22N2O3/c1-17-9-10-19-13-4-3-12(11-14(13)18-2)16-7-5-15-6-8-16/h3-4,11,15H,5-10H2,1-2H3. The molecule has 0 radical (unpaired) electrons. The first-order chi connectivity index (χ1) is 9.35. The molecule has 19 heavy (non-hydrogen) atoms. The molecule has 0 spiro atoms. The first kappa shape index (κ1) is 14.0. The minimum Gasteiger partial charge on any atom is -0.493 e. The van der Waals surface area contributed by atoms with Crippen molar-refractivity contribution >= 4 is 5.69 Å². The van der Waals surface area contributed by atoms with E-state index < -0.39 is 0 Å². The molecular formula is C14H22N2O3. The second-order valence-electron chi connectivity index (χ2n) is 4.41. The number of hydrogen-bond donors (Lipinski definition) is 1. The smallest absolute Gasteiger partial charge is 0.162 e. The predicted molar refractivity (Wildman–Crippen MR) is 75.4 cm³/mol. The van der Waals surface area contributed by atoms with Gasteiger partial charge in [-0.25, -0.2) is 0 Å². The lowest BCUT2D eigenvalue weighted by atomic mass is 10.2. The minimum atomic E-state index is 0.528. The molecule has 1 aromatic carbocycles. The van der Waals surface area contributed by atoms with Crippen molar-refractivity contribution in [1.29, 1.82) is 0 Å². The Kier molecular flexibility index (Phi) is 5.30. The SMILES string of the molecule is COCCOc1ccc(N2CCNCC2)cc1OC. The predicted octanol–water partition coefficient (Wildman–Crippen LogP) is 1.13. The third kappa shape index (κ3) is 3.75. The van der Waals surface area contributed by atoms with E-state index in [9.17, 15) is 0 Å². The van der Waals surface area contributed by atoms with Crippen molar-refractivity contribution in [2.24, 2.45) is 0 Å². The average molecular weight is 266 g/mol. The Labute approximate surface area is 114 Å². The molecule has 1 N–H and O–H groups in total. The summed E-state index contributed by atoms with van der Waals surface area (Å²) in [6.45, 7) is 5.19. The van der Waals surface area contributed by atoms with Gasteiger partial charge in [0.2, 0.25) is 0 Å². The molecule has 1 aliphatic heterocycles. The highest BCUT2D eigenvalue weighted by Gasteiger charge is 2.13. The van der Waals surface area contributed by atoms with E-state index in [0.29, 0.717) is 13.2 Å². The molecule has 1 fully saturated rings. The number of rotatable bonds is 6. The maximum Gasteiger partial charge on any atom is 0.162 e. The monoisotopic (exact) mass is 266 g/mol. The highest BCUT2D eigenvalue weighted by atomic mass is 16.5. The molecule has 0 unspecified atom stereocenters. The van der Waals surface area contributed by atoms with Crippen LogP contribution < -0.4 is 19.7 Å². The van der Waals surface area contributed by atoms with Gasteiger partial charge in [-0.3, -0.25) is 0 Å². The number of nitrogens with zero attached hydrogens (tertiary/aromatic N) is 1. The Morgan fingerprint density at radius 2 is 1.89 bits per heavy atom. The Hall–Kier alpha value is -1.46. The molecule has 1 heterocycles. The molecule has 0 aliphatic carbocycles. The topological polar surface area (TPSA) is 43.0 Å². The summed E-state index contributed by atoms with van der Waals surface area (Å²) in [4.78, 5) is 2.35. The summed E-state index contributed by atoms with van der Waals surface area (Å²) in [6, 6.07) is 6.08. The van der Waals surface area contributed by atoms with Crippen LogP contribution in [0.1, 0.15) is 0 Å². The third-order valence-electron chi connectivity index (χ3n) is 3.17. The fourth-order valence-corrected chi connectivity index (χ4v) is 2.13. The van der Waals surface area contributed by atoms with Crippen LogP contribution in [0.3, 0.4) is 0 Å². The molecule has 1 aliphatic rings. The van der Waals surface area contributed by atoms with Crippen LogP contribution in [0.25, 0.3) is 0 Å². The van der Waals surface area contributed by atoms with Gasteiger partial charge in [-0.2, -0.15) is 0 Å². The highest BCUT2D eigenvalue weighted by molar-refractivity contribution is 5.56. The lowest BCUT2D eigenvalue weighted by molar-refractivity contribution is 0.144. The van der Waals surface area contributed by atoms with Crippen LogP contribution in [0.2, 0.25) is 0 Å². The number of anilines is 1. The minimum absolute atomic E-state index is 0.528. The zero-order valence-corrected chi connectivity index (χ0v) is 11.6. The molecule has 1 aromatic rings. The zero-order valence-electron chi connectivity index (χ0n) is 11.6. The van der Waals surface area contributed by atoms with Gasteiger partial charge < -0.3 is 24.4 Å². The fraction of sp³-hybridized carbons (Fsp3) is 0.571. The van der Waals surface area contributed by atoms with E-state index in [0.717, 1.165) is 37.7 Å². The van der Waals surface area contributed by atoms with Gasteiger partial charge in [0.15, 0.2) is 11.5 Å². The second-order valence-corrected chi connectivity index (χ2v) is 4.41. The van der Waals surface area contributed by atoms with Crippen LogP contribution in [0.5, 0.6) is 11.5 Å². The normalized spacial score (nSPS) is 15.4. The molecular weight excluding hydrogens is 244 g/mol. The maximum absolute atomic E-state index is 5.63. The summed E-state index contributed by atoms with van der Waals surface area (Å²) in [5, 5.41) is 3.35. The Morgan fingerprint density at radius 1 is 1.11 bits per heavy atom. The molecule has 2 rings (SSSR count). The highest BCUT2D eigenvalue weighted by Crippen LogP contribution is 2.31. The third-order valence-corrected chi connectivity index (χ3v) is 3.17. The lowest BCUT2D eigenvalue weighted by Crippen LogP contribution is -2.43. The molecule has 0 saturated carbocycles. The van der Waals surface area contributed by atoms with E-state index in [2.05, 4.69) is 16.3 Å². The number of hydrogen-bond acceptors (Lipinski definition) is 5. The van der Waals surface area contributed by atoms with Gasteiger partial charge in [-0.1, -0.05) is 0 Å². The van der Waals surface area contributed by atoms with E-state index in [1.165, 1.54) is 5.69 Å². The Balaban J connectivity index is 2.06.